The van der Waals surface area contributed by atoms with E-state index in [1.807, 2.05) is 0 Å². The van der Waals surface area contributed by atoms with Gasteiger partial charge in [-0.1, -0.05) is 11.6 Å². The molecular formula is C10H10ClN3O4. The van der Waals surface area contributed by atoms with Crippen molar-refractivity contribution in [3.63, 3.8) is 0 Å². The Kier molecular flexibility index (Phi) is 3.44. The van der Waals surface area contributed by atoms with E-state index in [0.29, 0.717) is 13.0 Å². The predicted octanol–water partition coefficient (Wildman–Crippen LogP) is 0.850. The lowest BCUT2D eigenvalue weighted by atomic mass is 10.2. The summed E-state index contributed by atoms with van der Waals surface area (Å²) in [4.78, 5) is 27.2. The van der Waals surface area contributed by atoms with E-state index in [2.05, 4.69) is 4.98 Å². The summed E-state index contributed by atoms with van der Waals surface area (Å²) in [6.07, 6.45) is 1.14. The zero-order chi connectivity index (χ0) is 13.3. The van der Waals surface area contributed by atoms with E-state index < -0.39 is 22.6 Å². The molecule has 1 aromatic rings. The Labute approximate surface area is 107 Å². The lowest BCUT2D eigenvalue weighted by molar-refractivity contribution is -0.385. The van der Waals surface area contributed by atoms with E-state index in [4.69, 9.17) is 11.6 Å². The molecule has 7 nitrogen and oxygen atoms in total. The third-order valence-corrected chi connectivity index (χ3v) is 3.02. The molecule has 2 heterocycles. The van der Waals surface area contributed by atoms with Crippen LogP contribution < -0.4 is 0 Å². The Morgan fingerprint density at radius 2 is 2.39 bits per heavy atom. The van der Waals surface area contributed by atoms with Crippen molar-refractivity contribution in [1.82, 2.24) is 9.88 Å². The number of carbonyl (C=O) groups is 1. The smallest absolute Gasteiger partial charge is 0.319 e. The molecule has 18 heavy (non-hydrogen) atoms. The molecule has 1 saturated heterocycles. The molecule has 0 aromatic carbocycles. The minimum Gasteiger partial charge on any atom is -0.391 e. The highest BCUT2D eigenvalue weighted by molar-refractivity contribution is 6.32. The van der Waals surface area contributed by atoms with Gasteiger partial charge in [-0.15, -0.1) is 0 Å². The summed E-state index contributed by atoms with van der Waals surface area (Å²) in [5, 5.41) is 19.9. The van der Waals surface area contributed by atoms with Crippen LogP contribution in [-0.4, -0.2) is 45.0 Å². The summed E-state index contributed by atoms with van der Waals surface area (Å²) >= 11 is 5.63. The van der Waals surface area contributed by atoms with Gasteiger partial charge in [-0.25, -0.2) is 4.98 Å². The van der Waals surface area contributed by atoms with Gasteiger partial charge in [0.25, 0.3) is 5.91 Å². The predicted molar refractivity (Wildman–Crippen MR) is 62.4 cm³/mol. The fourth-order valence-electron chi connectivity index (χ4n) is 1.87. The second-order valence-electron chi connectivity index (χ2n) is 3.95. The maximum absolute atomic E-state index is 12.1. The molecule has 96 valence electrons. The summed E-state index contributed by atoms with van der Waals surface area (Å²) in [6, 6.07) is 1.26. The van der Waals surface area contributed by atoms with Crippen LogP contribution in [0.1, 0.15) is 16.8 Å². The number of hydrogen-bond donors (Lipinski definition) is 1. The summed E-state index contributed by atoms with van der Waals surface area (Å²) in [6.45, 7) is 0.549. The maximum Gasteiger partial charge on any atom is 0.319 e. The Bertz CT molecular complexity index is 508. The molecule has 1 amide bonds. The number of β-amino-alcohol motifs (C(OH)–C–C–N with tert-alkyl or cyclic N) is 1. The summed E-state index contributed by atoms with van der Waals surface area (Å²) in [5.74, 6) is -0.512. The number of halogens is 1. The van der Waals surface area contributed by atoms with Crippen molar-refractivity contribution in [2.45, 2.75) is 12.5 Å². The molecule has 1 aliphatic rings. The van der Waals surface area contributed by atoms with Crippen molar-refractivity contribution < 1.29 is 14.8 Å². The fourth-order valence-corrected chi connectivity index (χ4v) is 2.10. The number of rotatable bonds is 2. The highest BCUT2D eigenvalue weighted by Crippen LogP contribution is 2.27. The van der Waals surface area contributed by atoms with Crippen molar-refractivity contribution in [3.8, 4) is 0 Å². The van der Waals surface area contributed by atoms with Crippen LogP contribution in [0.3, 0.4) is 0 Å². The van der Waals surface area contributed by atoms with Gasteiger partial charge in [0, 0.05) is 19.3 Å². The Morgan fingerprint density at radius 1 is 1.67 bits per heavy atom. The molecule has 0 radical (unpaired) electrons. The van der Waals surface area contributed by atoms with Crippen molar-refractivity contribution in [2.75, 3.05) is 13.1 Å². The number of likely N-dealkylation sites (tertiary alicyclic amines) is 1. The number of pyridine rings is 1. The first-order valence-corrected chi connectivity index (χ1v) is 5.64. The molecule has 8 heteroatoms. The Morgan fingerprint density at radius 3 is 2.94 bits per heavy atom. The second kappa shape index (κ2) is 4.87. The van der Waals surface area contributed by atoms with Gasteiger partial charge >= 0.3 is 5.69 Å². The quantitative estimate of drug-likeness (QED) is 0.489. The molecule has 1 unspecified atom stereocenters. The molecule has 1 aromatic heterocycles. The largest absolute Gasteiger partial charge is 0.391 e. The van der Waals surface area contributed by atoms with Crippen LogP contribution in [0.2, 0.25) is 5.15 Å². The van der Waals surface area contributed by atoms with Gasteiger partial charge in [0.05, 0.1) is 11.0 Å². The van der Waals surface area contributed by atoms with Crippen LogP contribution in [0.15, 0.2) is 12.3 Å². The molecule has 0 bridgehead atoms. The minimum atomic E-state index is -0.727. The van der Waals surface area contributed by atoms with Crippen LogP contribution >= 0.6 is 11.6 Å². The summed E-state index contributed by atoms with van der Waals surface area (Å²) in [7, 11) is 0. The van der Waals surface area contributed by atoms with Gasteiger partial charge in [-0.05, 0) is 12.5 Å². The Balaban J connectivity index is 2.36. The minimum absolute atomic E-state index is 0.103. The van der Waals surface area contributed by atoms with Crippen LogP contribution in [0.25, 0.3) is 0 Å². The topological polar surface area (TPSA) is 96.6 Å². The number of nitrogens with zero attached hydrogens (tertiary/aromatic N) is 3. The van der Waals surface area contributed by atoms with Gasteiger partial charge < -0.3 is 10.0 Å². The lowest BCUT2D eigenvalue weighted by Gasteiger charge is -2.15. The van der Waals surface area contributed by atoms with Gasteiger partial charge in [-0.3, -0.25) is 14.9 Å². The molecule has 0 aliphatic carbocycles. The van der Waals surface area contributed by atoms with Crippen LogP contribution in [0, 0.1) is 10.1 Å². The van der Waals surface area contributed by atoms with Crippen molar-refractivity contribution in [3.05, 3.63) is 33.1 Å². The summed E-state index contributed by atoms with van der Waals surface area (Å²) < 4.78 is 0. The lowest BCUT2D eigenvalue weighted by Crippen LogP contribution is -2.30. The molecule has 1 N–H and O–H groups in total. The number of hydrogen-bond acceptors (Lipinski definition) is 5. The number of aliphatic hydroxyl groups excluding tert-OH is 1. The Hall–Kier alpha value is -1.73. The maximum atomic E-state index is 12.1. The average Bonchev–Trinajstić information content (AvgIpc) is 2.74. The monoisotopic (exact) mass is 271 g/mol. The molecule has 1 aliphatic heterocycles. The average molecular weight is 272 g/mol. The fraction of sp³-hybridized carbons (Fsp3) is 0.400. The van der Waals surface area contributed by atoms with Crippen LogP contribution in [-0.2, 0) is 0 Å². The second-order valence-corrected chi connectivity index (χ2v) is 4.31. The highest BCUT2D eigenvalue weighted by atomic mass is 35.5. The standard InChI is InChI=1S/C10H10ClN3O4/c11-9-8(14(17)18)7(1-3-12-9)10(16)13-4-2-6(15)5-13/h1,3,6,15H,2,4-5H2. The van der Waals surface area contributed by atoms with Gasteiger partial charge in [0.15, 0.2) is 0 Å². The first kappa shape index (κ1) is 12.7. The molecule has 1 atom stereocenters. The van der Waals surface area contributed by atoms with Gasteiger partial charge in [-0.2, -0.15) is 0 Å². The highest BCUT2D eigenvalue weighted by Gasteiger charge is 2.31. The van der Waals surface area contributed by atoms with Gasteiger partial charge in [0.2, 0.25) is 5.15 Å². The molecule has 1 fully saturated rings. The van der Waals surface area contributed by atoms with E-state index in [1.54, 1.807) is 0 Å². The zero-order valence-electron chi connectivity index (χ0n) is 9.24. The first-order valence-electron chi connectivity index (χ1n) is 5.27. The number of carbonyl (C=O) groups excluding carboxylic acids is 1. The van der Waals surface area contributed by atoms with E-state index in [9.17, 15) is 20.0 Å². The molecular weight excluding hydrogens is 262 g/mol. The number of aliphatic hydroxyl groups is 1. The SMILES string of the molecule is O=C(c1ccnc(Cl)c1[N+](=O)[O-])N1CCC(O)C1. The molecule has 2 rings (SSSR count). The molecule has 0 saturated carbocycles. The van der Waals surface area contributed by atoms with E-state index in [-0.39, 0.29) is 17.3 Å². The first-order chi connectivity index (χ1) is 8.50. The zero-order valence-corrected chi connectivity index (χ0v) is 10.0. The molecule has 0 spiro atoms. The van der Waals surface area contributed by atoms with Crippen molar-refractivity contribution in [1.29, 1.82) is 0 Å². The van der Waals surface area contributed by atoms with Crippen molar-refractivity contribution >= 4 is 23.2 Å². The normalized spacial score (nSPS) is 19.0. The van der Waals surface area contributed by atoms with Gasteiger partial charge in [0.1, 0.15) is 5.56 Å². The van der Waals surface area contributed by atoms with Crippen LogP contribution in [0.4, 0.5) is 5.69 Å². The number of aromatic nitrogens is 1. The third-order valence-electron chi connectivity index (χ3n) is 2.74. The third kappa shape index (κ3) is 2.27. The number of nitro groups is 1. The van der Waals surface area contributed by atoms with E-state index >= 15 is 0 Å². The van der Waals surface area contributed by atoms with Crippen molar-refractivity contribution in [2.24, 2.45) is 0 Å². The van der Waals surface area contributed by atoms with Crippen LogP contribution in [0.5, 0.6) is 0 Å². The van der Waals surface area contributed by atoms with E-state index in [1.165, 1.54) is 17.2 Å². The number of amides is 1. The summed E-state index contributed by atoms with van der Waals surface area (Å²) in [5.41, 5.74) is -0.598. The van der Waals surface area contributed by atoms with E-state index in [0.717, 1.165) is 0 Å².